The van der Waals surface area contributed by atoms with Gasteiger partial charge in [0.25, 0.3) is 0 Å². The van der Waals surface area contributed by atoms with Crippen LogP contribution >= 0.6 is 0 Å². The molecule has 0 N–H and O–H groups in total. The summed E-state index contributed by atoms with van der Waals surface area (Å²) in [5, 5.41) is 8.83. The van der Waals surface area contributed by atoms with E-state index in [-0.39, 0.29) is 12.5 Å². The van der Waals surface area contributed by atoms with Crippen LogP contribution in [0.4, 0.5) is 18.9 Å². The molecule has 1 saturated heterocycles. The third-order valence-corrected chi connectivity index (χ3v) is 4.30. The zero-order valence-corrected chi connectivity index (χ0v) is 13.8. The van der Waals surface area contributed by atoms with Crippen LogP contribution < -0.4 is 4.90 Å². The minimum absolute atomic E-state index is 0.0760. The van der Waals surface area contributed by atoms with Crippen molar-refractivity contribution in [3.63, 3.8) is 0 Å². The monoisotopic (exact) mass is 359 g/mol. The average Bonchev–Trinajstić information content (AvgIpc) is 2.62. The fraction of sp³-hybridized carbons (Fsp3) is 0.263. The summed E-state index contributed by atoms with van der Waals surface area (Å²) >= 11 is 0. The molecule has 2 aromatic rings. The Morgan fingerprint density at radius 1 is 1.00 bits per heavy atom. The molecule has 0 unspecified atom stereocenters. The van der Waals surface area contributed by atoms with E-state index in [0.29, 0.717) is 25.2 Å². The Hall–Kier alpha value is -2.85. The Labute approximate surface area is 149 Å². The maximum atomic E-state index is 12.6. The van der Waals surface area contributed by atoms with Crippen molar-refractivity contribution < 1.29 is 18.0 Å². The molecular weight excluding hydrogens is 343 g/mol. The molecule has 0 atom stereocenters. The smallest absolute Gasteiger partial charge is 0.310 e. The van der Waals surface area contributed by atoms with Crippen molar-refractivity contribution in [2.24, 2.45) is 0 Å². The third kappa shape index (κ3) is 4.03. The highest BCUT2D eigenvalue weighted by molar-refractivity contribution is 5.95. The summed E-state index contributed by atoms with van der Waals surface area (Å²) in [6.45, 7) is 1.73. The zero-order valence-electron chi connectivity index (χ0n) is 13.8. The molecule has 0 radical (unpaired) electrons. The normalized spacial score (nSPS) is 15.8. The third-order valence-electron chi connectivity index (χ3n) is 4.30. The van der Waals surface area contributed by atoms with Gasteiger partial charge in [-0.2, -0.15) is 18.4 Å². The number of amides is 1. The molecule has 1 heterocycles. The maximum Gasteiger partial charge on any atom is 0.416 e. The molecule has 4 nitrogen and oxygen atoms in total. The summed E-state index contributed by atoms with van der Waals surface area (Å²) < 4.78 is 37.8. The summed E-state index contributed by atoms with van der Waals surface area (Å²) in [6, 6.07) is 13.8. The Kier molecular flexibility index (Phi) is 4.96. The number of hydrogen-bond acceptors (Lipinski definition) is 3. The lowest BCUT2D eigenvalue weighted by Gasteiger charge is -2.34. The molecule has 1 aliphatic rings. The molecule has 0 spiro atoms. The van der Waals surface area contributed by atoms with Crippen LogP contribution in [0, 0.1) is 11.3 Å². The highest BCUT2D eigenvalue weighted by atomic mass is 19.4. The van der Waals surface area contributed by atoms with Crippen molar-refractivity contribution in [3.05, 3.63) is 65.2 Å². The van der Waals surface area contributed by atoms with Gasteiger partial charge < -0.3 is 4.90 Å². The number of benzene rings is 2. The molecule has 3 rings (SSSR count). The van der Waals surface area contributed by atoms with Crippen LogP contribution in [0.5, 0.6) is 0 Å². The van der Waals surface area contributed by atoms with Crippen LogP contribution in [-0.2, 0) is 17.5 Å². The van der Waals surface area contributed by atoms with E-state index in [1.165, 1.54) is 12.1 Å². The largest absolute Gasteiger partial charge is 0.416 e. The van der Waals surface area contributed by atoms with Gasteiger partial charge in [0.1, 0.15) is 0 Å². The summed E-state index contributed by atoms with van der Waals surface area (Å²) in [6.07, 6.45) is -4.35. The topological polar surface area (TPSA) is 47.3 Å². The number of halogens is 3. The highest BCUT2D eigenvalue weighted by Crippen LogP contribution is 2.29. The molecule has 7 heteroatoms. The van der Waals surface area contributed by atoms with Crippen molar-refractivity contribution in [3.8, 4) is 6.07 Å². The van der Waals surface area contributed by atoms with E-state index in [4.69, 9.17) is 5.26 Å². The summed E-state index contributed by atoms with van der Waals surface area (Å²) in [5.74, 6) is -0.0760. The van der Waals surface area contributed by atoms with Gasteiger partial charge in [0.05, 0.1) is 23.7 Å². The minimum atomic E-state index is -4.35. The van der Waals surface area contributed by atoms with Crippen LogP contribution in [0.1, 0.15) is 16.7 Å². The van der Waals surface area contributed by atoms with Crippen LogP contribution in [0.3, 0.4) is 0 Å². The van der Waals surface area contributed by atoms with E-state index < -0.39 is 11.7 Å². The second-order valence-corrected chi connectivity index (χ2v) is 6.11. The molecule has 1 amide bonds. The number of carbonyl (C=O) groups excluding carboxylic acids is 1. The van der Waals surface area contributed by atoms with Crippen LogP contribution in [0.25, 0.3) is 0 Å². The van der Waals surface area contributed by atoms with E-state index >= 15 is 0 Å². The summed E-state index contributed by atoms with van der Waals surface area (Å²) in [7, 11) is 0. The summed E-state index contributed by atoms with van der Waals surface area (Å²) in [4.78, 5) is 16.0. The Bertz CT molecular complexity index is 823. The number of anilines is 1. The highest BCUT2D eigenvalue weighted by Gasteiger charge is 2.30. The lowest BCUT2D eigenvalue weighted by atomic mass is 10.1. The van der Waals surface area contributed by atoms with Gasteiger partial charge in [-0.15, -0.1) is 0 Å². The molecular formula is C19H16F3N3O. The predicted octanol–water partition coefficient (Wildman–Crippen LogP) is 3.43. The molecule has 134 valence electrons. The van der Waals surface area contributed by atoms with Crippen molar-refractivity contribution in [2.45, 2.75) is 12.7 Å². The number of nitriles is 1. The van der Waals surface area contributed by atoms with E-state index in [2.05, 4.69) is 0 Å². The Balaban J connectivity index is 1.61. The number of carbonyl (C=O) groups is 1. The molecule has 1 fully saturated rings. The zero-order chi connectivity index (χ0) is 18.7. The average molecular weight is 359 g/mol. The van der Waals surface area contributed by atoms with Crippen LogP contribution in [0.2, 0.25) is 0 Å². The maximum absolute atomic E-state index is 12.6. The first-order chi connectivity index (χ1) is 12.4. The van der Waals surface area contributed by atoms with E-state index in [9.17, 15) is 18.0 Å². The van der Waals surface area contributed by atoms with Crippen molar-refractivity contribution in [1.29, 1.82) is 5.26 Å². The summed E-state index contributed by atoms with van der Waals surface area (Å²) in [5.41, 5.74) is 1.32. The van der Waals surface area contributed by atoms with Gasteiger partial charge in [0.2, 0.25) is 5.91 Å². The molecule has 26 heavy (non-hydrogen) atoms. The quantitative estimate of drug-likeness (QED) is 0.844. The molecule has 0 aliphatic carbocycles. The van der Waals surface area contributed by atoms with Gasteiger partial charge in [0, 0.05) is 25.3 Å². The predicted molar refractivity (Wildman–Crippen MR) is 90.2 cm³/mol. The number of rotatable bonds is 3. The molecule has 0 saturated carbocycles. The Morgan fingerprint density at radius 2 is 1.65 bits per heavy atom. The van der Waals surface area contributed by atoms with Crippen LogP contribution in [0.15, 0.2) is 48.5 Å². The molecule has 2 aromatic carbocycles. The lowest BCUT2D eigenvalue weighted by Crippen LogP contribution is -2.50. The first-order valence-corrected chi connectivity index (χ1v) is 8.06. The SMILES string of the molecule is N#Cc1ccc(N2CCN(Cc3ccc(C(F)(F)F)cc3)CC2=O)cc1. The second-order valence-electron chi connectivity index (χ2n) is 6.11. The van der Waals surface area contributed by atoms with Gasteiger partial charge in [0.15, 0.2) is 0 Å². The minimum Gasteiger partial charge on any atom is -0.310 e. The van der Waals surface area contributed by atoms with Gasteiger partial charge in [-0.1, -0.05) is 12.1 Å². The lowest BCUT2D eigenvalue weighted by molar-refractivity contribution is -0.137. The molecule has 1 aliphatic heterocycles. The van der Waals surface area contributed by atoms with E-state index in [1.807, 2.05) is 11.0 Å². The number of hydrogen-bond donors (Lipinski definition) is 0. The van der Waals surface area contributed by atoms with E-state index in [0.717, 1.165) is 23.4 Å². The van der Waals surface area contributed by atoms with Gasteiger partial charge in [-0.3, -0.25) is 9.69 Å². The van der Waals surface area contributed by atoms with Crippen molar-refractivity contribution in [1.82, 2.24) is 4.90 Å². The molecule has 0 aromatic heterocycles. The second kappa shape index (κ2) is 7.18. The molecule has 0 bridgehead atoms. The Morgan fingerprint density at radius 3 is 2.19 bits per heavy atom. The van der Waals surface area contributed by atoms with Gasteiger partial charge in [-0.05, 0) is 42.0 Å². The van der Waals surface area contributed by atoms with Gasteiger partial charge >= 0.3 is 6.18 Å². The number of nitrogens with zero attached hydrogens (tertiary/aromatic N) is 3. The van der Waals surface area contributed by atoms with Crippen molar-refractivity contribution >= 4 is 11.6 Å². The van der Waals surface area contributed by atoms with Crippen LogP contribution in [-0.4, -0.2) is 30.4 Å². The number of alkyl halides is 3. The first kappa shape index (κ1) is 18.0. The first-order valence-electron chi connectivity index (χ1n) is 8.06. The fourth-order valence-electron chi connectivity index (χ4n) is 2.90. The number of piperazine rings is 1. The standard InChI is InChI=1S/C19H16F3N3O/c20-19(21,22)16-5-1-15(2-6-16)12-24-9-10-25(18(26)13-24)17-7-3-14(11-23)4-8-17/h1-8H,9-10,12-13H2. The van der Waals surface area contributed by atoms with Crippen molar-refractivity contribution in [2.75, 3.05) is 24.5 Å². The van der Waals surface area contributed by atoms with E-state index in [1.54, 1.807) is 29.2 Å². The van der Waals surface area contributed by atoms with Gasteiger partial charge in [-0.25, -0.2) is 0 Å². The fourth-order valence-corrected chi connectivity index (χ4v) is 2.90.